The van der Waals surface area contributed by atoms with Crippen LogP contribution >= 0.6 is 45.2 Å². The lowest BCUT2D eigenvalue weighted by Crippen LogP contribution is -2.33. The Morgan fingerprint density at radius 2 is 1.96 bits per heavy atom. The minimum atomic E-state index is -0.847. The van der Waals surface area contributed by atoms with Gasteiger partial charge in [0.05, 0.1) is 39.1 Å². The number of carbonyl (C=O) groups is 1. The summed E-state index contributed by atoms with van der Waals surface area (Å²) in [6, 6.07) is 3.92. The van der Waals surface area contributed by atoms with Crippen LogP contribution in [0.3, 0.4) is 0 Å². The van der Waals surface area contributed by atoms with E-state index in [1.54, 1.807) is 13.1 Å². The summed E-state index contributed by atoms with van der Waals surface area (Å²) >= 11 is 4.47. The van der Waals surface area contributed by atoms with E-state index in [2.05, 4.69) is 55.7 Å². The first-order valence-electron chi connectivity index (χ1n) is 7.54. The van der Waals surface area contributed by atoms with E-state index in [1.807, 2.05) is 26.0 Å². The van der Waals surface area contributed by atoms with E-state index in [1.165, 1.54) is 0 Å². The molecule has 0 bridgehead atoms. The van der Waals surface area contributed by atoms with Crippen molar-refractivity contribution in [3.63, 3.8) is 0 Å². The van der Waals surface area contributed by atoms with Gasteiger partial charge in [-0.3, -0.25) is 4.79 Å². The molecule has 0 unspecified atom stereocenters. The molecule has 0 radical (unpaired) electrons. The molecule has 1 aromatic rings. The minimum absolute atomic E-state index is 0.112. The number of ether oxygens (including phenoxy) is 3. The summed E-state index contributed by atoms with van der Waals surface area (Å²) in [6.45, 7) is 6.76. The SMILES string of the molecule is CC(C)Oc1c(I)cc(C=NNC(=O)CC2(C)OCCO2)cc1I. The van der Waals surface area contributed by atoms with Crippen LogP contribution in [0.25, 0.3) is 0 Å². The van der Waals surface area contributed by atoms with Gasteiger partial charge in [-0.25, -0.2) is 5.43 Å². The fraction of sp³-hybridized carbons (Fsp3) is 0.500. The van der Waals surface area contributed by atoms with E-state index in [-0.39, 0.29) is 18.4 Å². The molecule has 0 saturated carbocycles. The average Bonchev–Trinajstić information content (AvgIpc) is 2.89. The van der Waals surface area contributed by atoms with E-state index in [4.69, 9.17) is 14.2 Å². The Kier molecular flexibility index (Phi) is 7.25. The van der Waals surface area contributed by atoms with E-state index < -0.39 is 5.79 Å². The normalized spacial score (nSPS) is 16.8. The second-order valence-electron chi connectivity index (χ2n) is 5.78. The molecular weight excluding hydrogens is 538 g/mol. The predicted molar refractivity (Wildman–Crippen MR) is 108 cm³/mol. The third-order valence-corrected chi connectivity index (χ3v) is 4.76. The molecule has 0 atom stereocenters. The number of hydrogen-bond acceptors (Lipinski definition) is 5. The summed E-state index contributed by atoms with van der Waals surface area (Å²) in [4.78, 5) is 11.9. The van der Waals surface area contributed by atoms with Gasteiger partial charge in [0.15, 0.2) is 5.79 Å². The highest BCUT2D eigenvalue weighted by Crippen LogP contribution is 2.29. The molecule has 1 amide bonds. The lowest BCUT2D eigenvalue weighted by Gasteiger charge is -2.20. The van der Waals surface area contributed by atoms with Crippen LogP contribution in [-0.4, -0.2) is 37.2 Å². The number of amides is 1. The first kappa shape index (κ1) is 19.9. The molecule has 1 saturated heterocycles. The van der Waals surface area contributed by atoms with Crippen LogP contribution in [0.2, 0.25) is 0 Å². The van der Waals surface area contributed by atoms with Crippen molar-refractivity contribution in [1.29, 1.82) is 0 Å². The fourth-order valence-corrected chi connectivity index (χ4v) is 4.24. The molecule has 1 aromatic carbocycles. The lowest BCUT2D eigenvalue weighted by atomic mass is 10.2. The van der Waals surface area contributed by atoms with Gasteiger partial charge in [0, 0.05) is 0 Å². The summed E-state index contributed by atoms with van der Waals surface area (Å²) in [6.07, 6.45) is 1.84. The molecule has 0 aromatic heterocycles. The molecule has 1 N–H and O–H groups in total. The second kappa shape index (κ2) is 8.77. The lowest BCUT2D eigenvalue weighted by molar-refractivity contribution is -0.159. The first-order chi connectivity index (χ1) is 11.3. The van der Waals surface area contributed by atoms with Crippen molar-refractivity contribution < 1.29 is 19.0 Å². The third kappa shape index (κ3) is 5.81. The smallest absolute Gasteiger partial charge is 0.245 e. The fourth-order valence-electron chi connectivity index (χ4n) is 2.17. The largest absolute Gasteiger partial charge is 0.489 e. The van der Waals surface area contributed by atoms with Crippen LogP contribution in [0.1, 0.15) is 32.8 Å². The molecule has 24 heavy (non-hydrogen) atoms. The van der Waals surface area contributed by atoms with Crippen molar-refractivity contribution in [2.45, 2.75) is 39.1 Å². The molecule has 0 spiro atoms. The van der Waals surface area contributed by atoms with Crippen LogP contribution in [-0.2, 0) is 14.3 Å². The maximum absolute atomic E-state index is 11.9. The molecule has 6 nitrogen and oxygen atoms in total. The molecule has 1 aliphatic heterocycles. The van der Waals surface area contributed by atoms with Gasteiger partial charge in [-0.05, 0) is 83.6 Å². The Hall–Kier alpha value is -0.460. The molecule has 0 aliphatic carbocycles. The van der Waals surface area contributed by atoms with Gasteiger partial charge in [0.2, 0.25) is 5.91 Å². The summed E-state index contributed by atoms with van der Waals surface area (Å²) in [5.74, 6) is -0.226. The summed E-state index contributed by atoms with van der Waals surface area (Å²) < 4.78 is 18.6. The first-order valence-corrected chi connectivity index (χ1v) is 9.70. The average molecular weight is 558 g/mol. The molecule has 2 rings (SSSR count). The van der Waals surface area contributed by atoms with Crippen LogP contribution in [0.5, 0.6) is 5.75 Å². The van der Waals surface area contributed by atoms with Crippen LogP contribution in [0.4, 0.5) is 0 Å². The van der Waals surface area contributed by atoms with E-state index in [0.29, 0.717) is 13.2 Å². The molecule has 8 heteroatoms. The highest BCUT2D eigenvalue weighted by Gasteiger charge is 2.33. The van der Waals surface area contributed by atoms with Crippen LogP contribution in [0, 0.1) is 7.14 Å². The van der Waals surface area contributed by atoms with Gasteiger partial charge in [0.25, 0.3) is 0 Å². The van der Waals surface area contributed by atoms with Gasteiger partial charge in [-0.1, -0.05) is 0 Å². The number of benzene rings is 1. The highest BCUT2D eigenvalue weighted by atomic mass is 127. The Bertz CT molecular complexity index is 605. The number of halogens is 2. The number of carbonyl (C=O) groups excluding carboxylic acids is 1. The summed E-state index contributed by atoms with van der Waals surface area (Å²) in [7, 11) is 0. The number of nitrogens with zero attached hydrogens (tertiary/aromatic N) is 1. The summed E-state index contributed by atoms with van der Waals surface area (Å²) in [5, 5.41) is 4.00. The van der Waals surface area contributed by atoms with Crippen molar-refractivity contribution in [2.24, 2.45) is 5.10 Å². The number of hydrazone groups is 1. The van der Waals surface area contributed by atoms with Crippen molar-refractivity contribution in [3.05, 3.63) is 24.8 Å². The van der Waals surface area contributed by atoms with E-state index >= 15 is 0 Å². The van der Waals surface area contributed by atoms with Gasteiger partial charge in [-0.2, -0.15) is 5.10 Å². The Morgan fingerprint density at radius 3 is 2.50 bits per heavy atom. The molecular formula is C16H20I2N2O4. The topological polar surface area (TPSA) is 69.2 Å². The van der Waals surface area contributed by atoms with Crippen LogP contribution < -0.4 is 10.2 Å². The monoisotopic (exact) mass is 558 g/mol. The summed E-state index contributed by atoms with van der Waals surface area (Å²) in [5.41, 5.74) is 3.39. The van der Waals surface area contributed by atoms with Gasteiger partial charge in [0.1, 0.15) is 5.75 Å². The highest BCUT2D eigenvalue weighted by molar-refractivity contribution is 14.1. The van der Waals surface area contributed by atoms with E-state index in [9.17, 15) is 4.79 Å². The number of hydrogen-bond donors (Lipinski definition) is 1. The van der Waals surface area contributed by atoms with Crippen molar-refractivity contribution in [1.82, 2.24) is 5.43 Å². The zero-order chi connectivity index (χ0) is 17.7. The quantitative estimate of drug-likeness (QED) is 0.331. The Balaban J connectivity index is 1.95. The molecule has 132 valence electrons. The van der Waals surface area contributed by atoms with Gasteiger partial charge >= 0.3 is 0 Å². The second-order valence-corrected chi connectivity index (χ2v) is 8.11. The Morgan fingerprint density at radius 1 is 1.38 bits per heavy atom. The number of rotatable bonds is 6. The standard InChI is InChI=1S/C16H20I2N2O4/c1-10(2)24-15-12(17)6-11(7-13(15)18)9-19-20-14(21)8-16(3)22-4-5-23-16/h6-7,9-10H,4-5,8H2,1-3H3,(H,20,21). The van der Waals surface area contributed by atoms with Crippen molar-refractivity contribution >= 4 is 57.3 Å². The zero-order valence-corrected chi connectivity index (χ0v) is 18.1. The molecule has 1 fully saturated rings. The van der Waals surface area contributed by atoms with Gasteiger partial charge < -0.3 is 14.2 Å². The maximum Gasteiger partial charge on any atom is 0.245 e. The van der Waals surface area contributed by atoms with Crippen molar-refractivity contribution in [2.75, 3.05) is 13.2 Å². The van der Waals surface area contributed by atoms with Crippen molar-refractivity contribution in [3.8, 4) is 5.75 Å². The maximum atomic E-state index is 11.9. The van der Waals surface area contributed by atoms with Gasteiger partial charge in [-0.15, -0.1) is 0 Å². The predicted octanol–water partition coefficient (Wildman–Crippen LogP) is 3.29. The molecule has 1 aliphatic rings. The Labute approximate surface area is 169 Å². The van der Waals surface area contributed by atoms with Crippen LogP contribution in [0.15, 0.2) is 17.2 Å². The minimum Gasteiger partial charge on any atom is -0.489 e. The third-order valence-electron chi connectivity index (χ3n) is 3.16. The van der Waals surface area contributed by atoms with E-state index in [0.717, 1.165) is 18.5 Å². The zero-order valence-electron chi connectivity index (χ0n) is 13.8. The number of nitrogens with one attached hydrogen (secondary N) is 1. The molecule has 1 heterocycles.